The van der Waals surface area contributed by atoms with Crippen LogP contribution in [0.2, 0.25) is 0 Å². The number of amides is 1. The van der Waals surface area contributed by atoms with E-state index in [1.54, 1.807) is 6.92 Å². The monoisotopic (exact) mass is 457 g/mol. The second-order valence-corrected chi connectivity index (χ2v) is 9.25. The number of sulfonamides is 1. The van der Waals surface area contributed by atoms with Crippen molar-refractivity contribution in [1.82, 2.24) is 4.98 Å². The first-order valence-corrected chi connectivity index (χ1v) is 11.6. The Morgan fingerprint density at radius 1 is 1.00 bits per heavy atom. The Hall–Kier alpha value is -3.46. The third-order valence-corrected chi connectivity index (χ3v) is 6.26. The molecule has 32 heavy (non-hydrogen) atoms. The van der Waals surface area contributed by atoms with E-state index in [1.807, 2.05) is 30.3 Å². The van der Waals surface area contributed by atoms with Crippen molar-refractivity contribution in [2.45, 2.75) is 31.9 Å². The van der Waals surface area contributed by atoms with Crippen LogP contribution in [0, 0.1) is 12.7 Å². The highest BCUT2D eigenvalue weighted by molar-refractivity contribution is 7.91. The SMILES string of the molecule is Cc1[nH]c(=O)c(NS(=O)(=O)Cc2ccc(F)cc2)c(CCc2ccccc2)c1CC(N)=O. The maximum Gasteiger partial charge on any atom is 0.272 e. The van der Waals surface area contributed by atoms with Crippen LogP contribution in [0.5, 0.6) is 0 Å². The van der Waals surface area contributed by atoms with E-state index in [-0.39, 0.29) is 12.1 Å². The predicted molar refractivity (Wildman–Crippen MR) is 121 cm³/mol. The van der Waals surface area contributed by atoms with Crippen LogP contribution in [-0.4, -0.2) is 19.3 Å². The summed E-state index contributed by atoms with van der Waals surface area (Å²) in [5, 5.41) is 0. The fourth-order valence-corrected chi connectivity index (χ4v) is 4.76. The summed E-state index contributed by atoms with van der Waals surface area (Å²) < 4.78 is 41.1. The van der Waals surface area contributed by atoms with Crippen molar-refractivity contribution >= 4 is 21.6 Å². The second kappa shape index (κ2) is 9.78. The van der Waals surface area contributed by atoms with E-state index in [9.17, 15) is 22.4 Å². The Balaban J connectivity index is 1.99. The minimum atomic E-state index is -4.00. The number of carbonyl (C=O) groups is 1. The van der Waals surface area contributed by atoms with E-state index in [0.717, 1.165) is 5.56 Å². The van der Waals surface area contributed by atoms with Gasteiger partial charge < -0.3 is 10.7 Å². The lowest BCUT2D eigenvalue weighted by Gasteiger charge is -2.17. The molecule has 0 saturated heterocycles. The molecule has 4 N–H and O–H groups in total. The normalized spacial score (nSPS) is 11.3. The molecule has 0 bridgehead atoms. The van der Waals surface area contributed by atoms with Crippen molar-refractivity contribution in [3.8, 4) is 0 Å². The number of halogens is 1. The molecule has 0 aliphatic rings. The molecule has 168 valence electrons. The third-order valence-electron chi connectivity index (χ3n) is 5.03. The maximum absolute atomic E-state index is 13.1. The lowest BCUT2D eigenvalue weighted by Crippen LogP contribution is -2.27. The first-order valence-electron chi connectivity index (χ1n) is 9.96. The lowest BCUT2D eigenvalue weighted by atomic mass is 9.96. The topological polar surface area (TPSA) is 122 Å². The van der Waals surface area contributed by atoms with Crippen molar-refractivity contribution in [2.24, 2.45) is 5.73 Å². The number of nitrogens with two attached hydrogens (primary N) is 1. The van der Waals surface area contributed by atoms with Crippen LogP contribution in [0.4, 0.5) is 10.1 Å². The molecule has 0 unspecified atom stereocenters. The van der Waals surface area contributed by atoms with Crippen molar-refractivity contribution < 1.29 is 17.6 Å². The van der Waals surface area contributed by atoms with E-state index in [2.05, 4.69) is 9.71 Å². The number of benzene rings is 2. The van der Waals surface area contributed by atoms with Gasteiger partial charge in [0.1, 0.15) is 11.5 Å². The number of aromatic amines is 1. The van der Waals surface area contributed by atoms with Gasteiger partial charge >= 0.3 is 0 Å². The van der Waals surface area contributed by atoms with Gasteiger partial charge in [0.15, 0.2) is 0 Å². The molecule has 0 saturated carbocycles. The van der Waals surface area contributed by atoms with Gasteiger partial charge in [-0.25, -0.2) is 12.8 Å². The fourth-order valence-electron chi connectivity index (χ4n) is 3.53. The molecule has 9 heteroatoms. The van der Waals surface area contributed by atoms with E-state index in [1.165, 1.54) is 24.3 Å². The molecule has 0 fully saturated rings. The number of nitrogens with one attached hydrogen (secondary N) is 2. The standard InChI is InChI=1S/C23H24FN3O4S/c1-15-20(13-21(25)28)19(12-9-16-5-3-2-4-6-16)22(23(29)26-15)27-32(30,31)14-17-7-10-18(24)11-8-17/h2-8,10-11,27H,9,12-14H2,1H3,(H2,25,28)(H,26,29). The summed E-state index contributed by atoms with van der Waals surface area (Å²) in [5.74, 6) is -1.52. The smallest absolute Gasteiger partial charge is 0.272 e. The number of anilines is 1. The molecule has 1 heterocycles. The van der Waals surface area contributed by atoms with Crippen LogP contribution in [0.3, 0.4) is 0 Å². The average Bonchev–Trinajstić information content (AvgIpc) is 2.73. The number of H-pyrrole nitrogens is 1. The second-order valence-electron chi connectivity index (χ2n) is 7.53. The van der Waals surface area contributed by atoms with Gasteiger partial charge in [0, 0.05) is 5.69 Å². The Morgan fingerprint density at radius 3 is 2.28 bits per heavy atom. The highest BCUT2D eigenvalue weighted by atomic mass is 32.2. The van der Waals surface area contributed by atoms with Crippen LogP contribution in [0.15, 0.2) is 59.4 Å². The van der Waals surface area contributed by atoms with Crippen LogP contribution in [0.1, 0.15) is 27.9 Å². The molecule has 0 aliphatic carbocycles. The number of hydrogen-bond acceptors (Lipinski definition) is 4. The van der Waals surface area contributed by atoms with Gasteiger partial charge in [0.25, 0.3) is 5.56 Å². The molecule has 0 radical (unpaired) electrons. The molecular weight excluding hydrogens is 433 g/mol. The van der Waals surface area contributed by atoms with E-state index >= 15 is 0 Å². The van der Waals surface area contributed by atoms with Gasteiger partial charge in [-0.3, -0.25) is 14.3 Å². The summed E-state index contributed by atoms with van der Waals surface area (Å²) in [4.78, 5) is 27.0. The zero-order valence-corrected chi connectivity index (χ0v) is 18.3. The number of primary amides is 1. The Kier molecular flexibility index (Phi) is 7.09. The third kappa shape index (κ3) is 6.04. The highest BCUT2D eigenvalue weighted by Crippen LogP contribution is 2.23. The van der Waals surface area contributed by atoms with Crippen LogP contribution in [-0.2, 0) is 39.8 Å². The quantitative estimate of drug-likeness (QED) is 0.457. The zero-order valence-electron chi connectivity index (χ0n) is 17.5. The van der Waals surface area contributed by atoms with Gasteiger partial charge in [0.2, 0.25) is 15.9 Å². The zero-order chi connectivity index (χ0) is 23.3. The molecule has 0 aliphatic heterocycles. The van der Waals surface area contributed by atoms with Crippen molar-refractivity contribution in [3.63, 3.8) is 0 Å². The largest absolute Gasteiger partial charge is 0.369 e. The molecule has 1 amide bonds. The van der Waals surface area contributed by atoms with Crippen LogP contribution in [0.25, 0.3) is 0 Å². The Morgan fingerprint density at radius 2 is 1.66 bits per heavy atom. The molecule has 0 atom stereocenters. The predicted octanol–water partition coefficient (Wildman–Crippen LogP) is 2.58. The van der Waals surface area contributed by atoms with Gasteiger partial charge in [-0.1, -0.05) is 42.5 Å². The van der Waals surface area contributed by atoms with Crippen LogP contribution < -0.4 is 16.0 Å². The number of rotatable bonds is 9. The summed E-state index contributed by atoms with van der Waals surface area (Å²) in [6, 6.07) is 14.6. The number of pyridine rings is 1. The van der Waals surface area contributed by atoms with Gasteiger partial charge in [-0.2, -0.15) is 0 Å². The summed E-state index contributed by atoms with van der Waals surface area (Å²) in [5.41, 5.74) is 7.39. The summed E-state index contributed by atoms with van der Waals surface area (Å²) >= 11 is 0. The number of hydrogen-bond donors (Lipinski definition) is 3. The number of carbonyl (C=O) groups excluding carboxylic acids is 1. The summed E-state index contributed by atoms with van der Waals surface area (Å²) in [7, 11) is -4.00. The van der Waals surface area contributed by atoms with Gasteiger partial charge in [0.05, 0.1) is 12.2 Å². The van der Waals surface area contributed by atoms with E-state index in [0.29, 0.717) is 35.2 Å². The number of aryl methyl sites for hydroxylation is 2. The van der Waals surface area contributed by atoms with Crippen molar-refractivity contribution in [3.05, 3.63) is 98.7 Å². The molecule has 1 aromatic heterocycles. The van der Waals surface area contributed by atoms with Crippen LogP contribution >= 0.6 is 0 Å². The van der Waals surface area contributed by atoms with Crippen molar-refractivity contribution in [2.75, 3.05) is 4.72 Å². The molecule has 3 rings (SSSR count). The number of aromatic nitrogens is 1. The van der Waals surface area contributed by atoms with Gasteiger partial charge in [-0.15, -0.1) is 0 Å². The Labute approximate surface area is 185 Å². The minimum Gasteiger partial charge on any atom is -0.369 e. The molecule has 2 aromatic carbocycles. The first kappa shape index (κ1) is 23.2. The van der Waals surface area contributed by atoms with Crippen molar-refractivity contribution in [1.29, 1.82) is 0 Å². The molecular formula is C23H24FN3O4S. The molecule has 0 spiro atoms. The van der Waals surface area contributed by atoms with Gasteiger partial charge in [-0.05, 0) is 54.2 Å². The first-order chi connectivity index (χ1) is 15.1. The molecule has 7 nitrogen and oxygen atoms in total. The molecule has 3 aromatic rings. The minimum absolute atomic E-state index is 0.134. The van der Waals surface area contributed by atoms with E-state index < -0.39 is 33.1 Å². The maximum atomic E-state index is 13.1. The summed E-state index contributed by atoms with van der Waals surface area (Å²) in [6.45, 7) is 1.64. The summed E-state index contributed by atoms with van der Waals surface area (Å²) in [6.07, 6.45) is 0.716. The lowest BCUT2D eigenvalue weighted by molar-refractivity contribution is -0.117. The fraction of sp³-hybridized carbons (Fsp3) is 0.217. The Bertz CT molecular complexity index is 1270. The average molecular weight is 458 g/mol. The van der Waals surface area contributed by atoms with E-state index in [4.69, 9.17) is 5.73 Å². The highest BCUT2D eigenvalue weighted by Gasteiger charge is 2.22.